The van der Waals surface area contributed by atoms with Gasteiger partial charge in [0.05, 0.1) is 5.69 Å². The lowest BCUT2D eigenvalue weighted by molar-refractivity contribution is -0.121. The van der Waals surface area contributed by atoms with Crippen molar-refractivity contribution in [3.63, 3.8) is 0 Å². The maximum Gasteiger partial charge on any atom is 0.263 e. The highest BCUT2D eigenvalue weighted by atomic mass is 16.5. The number of piperidine rings is 1. The molecule has 1 N–H and O–H groups in total. The van der Waals surface area contributed by atoms with Gasteiger partial charge in [-0.3, -0.25) is 4.79 Å². The van der Waals surface area contributed by atoms with Gasteiger partial charge in [-0.15, -0.1) is 0 Å². The van der Waals surface area contributed by atoms with Crippen molar-refractivity contribution in [2.75, 3.05) is 37.7 Å². The van der Waals surface area contributed by atoms with Crippen molar-refractivity contribution in [3.05, 3.63) is 11.5 Å². The van der Waals surface area contributed by atoms with Crippen LogP contribution in [0.25, 0.3) is 11.1 Å². The molecule has 0 unspecified atom stereocenters. The van der Waals surface area contributed by atoms with Crippen LogP contribution in [0, 0.1) is 12.8 Å². The molecule has 1 saturated heterocycles. The van der Waals surface area contributed by atoms with E-state index in [0.29, 0.717) is 44.1 Å². The third-order valence-corrected chi connectivity index (χ3v) is 5.18. The van der Waals surface area contributed by atoms with Gasteiger partial charge in [0.2, 0.25) is 5.91 Å². The van der Waals surface area contributed by atoms with Crippen molar-refractivity contribution in [1.29, 1.82) is 0 Å². The molecule has 28 heavy (non-hydrogen) atoms. The zero-order chi connectivity index (χ0) is 19.9. The van der Waals surface area contributed by atoms with Crippen LogP contribution in [0.3, 0.4) is 0 Å². The molecule has 1 amide bonds. The Labute approximate surface area is 166 Å². The number of ether oxygens (including phenoxy) is 1. The number of anilines is 1. The van der Waals surface area contributed by atoms with Crippen molar-refractivity contribution < 1.29 is 14.1 Å². The maximum absolute atomic E-state index is 12.1. The second kappa shape index (κ2) is 9.82. The van der Waals surface area contributed by atoms with Crippen LogP contribution in [0.2, 0.25) is 0 Å². The number of amides is 1. The van der Waals surface area contributed by atoms with E-state index in [-0.39, 0.29) is 5.91 Å². The molecule has 2 aromatic rings. The molecule has 0 atom stereocenters. The number of aryl methyl sites for hydroxylation is 2. The van der Waals surface area contributed by atoms with Gasteiger partial charge in [0, 0.05) is 45.7 Å². The van der Waals surface area contributed by atoms with E-state index in [1.54, 1.807) is 0 Å². The molecule has 0 radical (unpaired) electrons. The highest BCUT2D eigenvalue weighted by molar-refractivity contribution is 5.88. The Morgan fingerprint density at radius 1 is 1.32 bits per heavy atom. The Morgan fingerprint density at radius 3 is 2.86 bits per heavy atom. The summed E-state index contributed by atoms with van der Waals surface area (Å²) in [7, 11) is 0. The minimum Gasteiger partial charge on any atom is -0.382 e. The molecular weight excluding hydrogens is 358 g/mol. The van der Waals surface area contributed by atoms with Gasteiger partial charge in [-0.1, -0.05) is 12.1 Å². The fraction of sp³-hybridized carbons (Fsp3) is 0.700. The number of hydrogen-bond acceptors (Lipinski definition) is 7. The predicted octanol–water partition coefficient (Wildman–Crippen LogP) is 2.64. The molecule has 1 aliphatic rings. The summed E-state index contributed by atoms with van der Waals surface area (Å²) in [6.07, 6.45) is 3.94. The van der Waals surface area contributed by atoms with Crippen LogP contribution in [0.4, 0.5) is 5.82 Å². The first-order valence-corrected chi connectivity index (χ1v) is 10.3. The van der Waals surface area contributed by atoms with Gasteiger partial charge in [-0.05, 0) is 39.0 Å². The molecule has 8 heteroatoms. The van der Waals surface area contributed by atoms with E-state index in [0.717, 1.165) is 55.2 Å². The number of aromatic nitrogens is 3. The Bertz CT molecular complexity index is 783. The molecule has 0 bridgehead atoms. The molecule has 1 fully saturated rings. The second-order valence-corrected chi connectivity index (χ2v) is 7.48. The van der Waals surface area contributed by atoms with Crippen molar-refractivity contribution in [1.82, 2.24) is 20.4 Å². The SMILES string of the molecule is CCOCCCNC(=O)CCc1nc(N2CCC(C)CC2)c2c(C)noc2n1. The number of nitrogens with zero attached hydrogens (tertiary/aromatic N) is 4. The van der Waals surface area contributed by atoms with Crippen LogP contribution in [0.1, 0.15) is 51.0 Å². The van der Waals surface area contributed by atoms with E-state index in [2.05, 4.69) is 27.3 Å². The lowest BCUT2D eigenvalue weighted by Gasteiger charge is -2.31. The summed E-state index contributed by atoms with van der Waals surface area (Å²) in [6.45, 7) is 10.1. The minimum atomic E-state index is 0.00212. The normalized spacial score (nSPS) is 15.3. The molecule has 0 aromatic carbocycles. The molecule has 1 aliphatic heterocycles. The fourth-order valence-electron chi connectivity index (χ4n) is 3.43. The summed E-state index contributed by atoms with van der Waals surface area (Å²) in [5.74, 6) is 2.26. The van der Waals surface area contributed by atoms with Gasteiger partial charge in [0.25, 0.3) is 5.71 Å². The molecule has 0 saturated carbocycles. The zero-order valence-corrected chi connectivity index (χ0v) is 17.2. The number of hydrogen-bond donors (Lipinski definition) is 1. The van der Waals surface area contributed by atoms with E-state index in [1.165, 1.54) is 0 Å². The molecule has 154 valence electrons. The number of fused-ring (bicyclic) bond motifs is 1. The molecule has 3 heterocycles. The number of carbonyl (C=O) groups excluding carboxylic acids is 1. The lowest BCUT2D eigenvalue weighted by atomic mass is 9.99. The van der Waals surface area contributed by atoms with E-state index in [4.69, 9.17) is 14.2 Å². The molecular formula is C20H31N5O3. The van der Waals surface area contributed by atoms with Gasteiger partial charge in [0.1, 0.15) is 17.0 Å². The highest BCUT2D eigenvalue weighted by Gasteiger charge is 2.23. The van der Waals surface area contributed by atoms with E-state index in [1.807, 2.05) is 13.8 Å². The third-order valence-electron chi connectivity index (χ3n) is 5.18. The first-order valence-electron chi connectivity index (χ1n) is 10.3. The monoisotopic (exact) mass is 389 g/mol. The maximum atomic E-state index is 12.1. The summed E-state index contributed by atoms with van der Waals surface area (Å²) >= 11 is 0. The zero-order valence-electron chi connectivity index (χ0n) is 17.2. The van der Waals surface area contributed by atoms with Crippen molar-refractivity contribution in [3.8, 4) is 0 Å². The third kappa shape index (κ3) is 5.19. The smallest absolute Gasteiger partial charge is 0.263 e. The van der Waals surface area contributed by atoms with Gasteiger partial charge in [0.15, 0.2) is 0 Å². The average molecular weight is 390 g/mol. The van der Waals surface area contributed by atoms with Crippen LogP contribution in [0.5, 0.6) is 0 Å². The first-order chi connectivity index (χ1) is 13.6. The summed E-state index contributed by atoms with van der Waals surface area (Å²) in [4.78, 5) is 23.7. The largest absolute Gasteiger partial charge is 0.382 e. The molecule has 0 aliphatic carbocycles. The lowest BCUT2D eigenvalue weighted by Crippen LogP contribution is -2.34. The predicted molar refractivity (Wildman–Crippen MR) is 107 cm³/mol. The average Bonchev–Trinajstić information content (AvgIpc) is 3.07. The fourth-order valence-corrected chi connectivity index (χ4v) is 3.43. The van der Waals surface area contributed by atoms with Gasteiger partial charge < -0.3 is 19.5 Å². The van der Waals surface area contributed by atoms with Crippen molar-refractivity contribution in [2.45, 2.75) is 52.9 Å². The summed E-state index contributed by atoms with van der Waals surface area (Å²) in [5.41, 5.74) is 1.32. The topological polar surface area (TPSA) is 93.4 Å². The summed E-state index contributed by atoms with van der Waals surface area (Å²) < 4.78 is 10.7. The minimum absolute atomic E-state index is 0.00212. The van der Waals surface area contributed by atoms with Gasteiger partial charge in [-0.25, -0.2) is 4.98 Å². The van der Waals surface area contributed by atoms with E-state index in [9.17, 15) is 4.79 Å². The number of rotatable bonds is 9. The Kier molecular flexibility index (Phi) is 7.19. The Morgan fingerprint density at radius 2 is 2.11 bits per heavy atom. The highest BCUT2D eigenvalue weighted by Crippen LogP contribution is 2.30. The van der Waals surface area contributed by atoms with Crippen LogP contribution in [-0.2, 0) is 16.0 Å². The van der Waals surface area contributed by atoms with Crippen molar-refractivity contribution in [2.24, 2.45) is 5.92 Å². The molecule has 0 spiro atoms. The van der Waals surface area contributed by atoms with Crippen LogP contribution in [0.15, 0.2) is 4.52 Å². The number of carbonyl (C=O) groups is 1. The van der Waals surface area contributed by atoms with Crippen molar-refractivity contribution >= 4 is 22.8 Å². The summed E-state index contributed by atoms with van der Waals surface area (Å²) in [6, 6.07) is 0. The quantitative estimate of drug-likeness (QED) is 0.659. The summed E-state index contributed by atoms with van der Waals surface area (Å²) in [5, 5.41) is 7.88. The molecule has 2 aromatic heterocycles. The second-order valence-electron chi connectivity index (χ2n) is 7.48. The molecule has 8 nitrogen and oxygen atoms in total. The Hall–Kier alpha value is -2.22. The van der Waals surface area contributed by atoms with Gasteiger partial charge in [-0.2, -0.15) is 4.98 Å². The van der Waals surface area contributed by atoms with E-state index >= 15 is 0 Å². The van der Waals surface area contributed by atoms with E-state index < -0.39 is 0 Å². The first kappa shape index (κ1) is 20.5. The Balaban J connectivity index is 1.64. The molecule has 3 rings (SSSR count). The number of nitrogens with one attached hydrogen (secondary N) is 1. The van der Waals surface area contributed by atoms with Crippen LogP contribution in [-0.4, -0.2) is 53.9 Å². The van der Waals surface area contributed by atoms with Crippen LogP contribution >= 0.6 is 0 Å². The van der Waals surface area contributed by atoms with Crippen LogP contribution < -0.4 is 10.2 Å². The standard InChI is InChI=1S/C20H31N5O3/c1-4-27-13-5-10-21-17(26)7-6-16-22-19(25-11-8-14(2)9-12-25)18-15(3)24-28-20(18)23-16/h14H,4-13H2,1-3H3,(H,21,26). The van der Waals surface area contributed by atoms with Gasteiger partial charge >= 0.3 is 0 Å².